The largest absolute Gasteiger partial charge is 0.478 e. The summed E-state index contributed by atoms with van der Waals surface area (Å²) in [5.41, 5.74) is 2.11. The van der Waals surface area contributed by atoms with Crippen LogP contribution in [0.15, 0.2) is 48.5 Å². The number of carboxylic acid groups (broad SMARTS) is 1. The van der Waals surface area contributed by atoms with Gasteiger partial charge in [-0.1, -0.05) is 24.3 Å². The number of aromatic carboxylic acids is 1. The third-order valence-corrected chi connectivity index (χ3v) is 4.89. The standard InChI is InChI=1S/C21H22FNO3/c22-18-4-1-3-16(13-18)14-19-5-2-12-23(19)20(24)11-8-15-6-9-17(10-7-15)21(25)26/h1,3-4,6-7,9-10,13,19H,2,5,8,11-12,14H2,(H,25,26). The fourth-order valence-electron chi connectivity index (χ4n) is 3.52. The number of rotatable bonds is 6. The highest BCUT2D eigenvalue weighted by Crippen LogP contribution is 2.23. The van der Waals surface area contributed by atoms with E-state index in [0.29, 0.717) is 19.3 Å². The summed E-state index contributed by atoms with van der Waals surface area (Å²) < 4.78 is 13.4. The Bertz CT molecular complexity index is 788. The van der Waals surface area contributed by atoms with E-state index >= 15 is 0 Å². The van der Waals surface area contributed by atoms with E-state index in [4.69, 9.17) is 5.11 Å². The van der Waals surface area contributed by atoms with Gasteiger partial charge in [-0.05, 0) is 61.1 Å². The number of carbonyl (C=O) groups excluding carboxylic acids is 1. The first-order chi connectivity index (χ1) is 12.5. The molecule has 0 aromatic heterocycles. The van der Waals surface area contributed by atoms with E-state index in [2.05, 4.69) is 0 Å². The Morgan fingerprint density at radius 2 is 1.88 bits per heavy atom. The Labute approximate surface area is 152 Å². The molecule has 1 N–H and O–H groups in total. The van der Waals surface area contributed by atoms with Crippen LogP contribution >= 0.6 is 0 Å². The van der Waals surface area contributed by atoms with E-state index in [1.54, 1.807) is 30.3 Å². The maximum atomic E-state index is 13.4. The molecule has 136 valence electrons. The highest BCUT2D eigenvalue weighted by atomic mass is 19.1. The molecule has 3 rings (SSSR count). The predicted octanol–water partition coefficient (Wildman–Crippen LogP) is 3.69. The molecule has 0 bridgehead atoms. The monoisotopic (exact) mass is 355 g/mol. The van der Waals surface area contributed by atoms with Crippen molar-refractivity contribution in [1.29, 1.82) is 0 Å². The lowest BCUT2D eigenvalue weighted by atomic mass is 10.0. The molecule has 1 amide bonds. The minimum Gasteiger partial charge on any atom is -0.478 e. The van der Waals surface area contributed by atoms with Gasteiger partial charge in [0.25, 0.3) is 0 Å². The van der Waals surface area contributed by atoms with Crippen LogP contribution in [-0.4, -0.2) is 34.5 Å². The van der Waals surface area contributed by atoms with Crippen molar-refractivity contribution in [3.8, 4) is 0 Å². The van der Waals surface area contributed by atoms with E-state index in [1.807, 2.05) is 11.0 Å². The SMILES string of the molecule is O=C(O)c1ccc(CCC(=O)N2CCCC2Cc2cccc(F)c2)cc1. The summed E-state index contributed by atoms with van der Waals surface area (Å²) in [5.74, 6) is -1.10. The van der Waals surface area contributed by atoms with E-state index < -0.39 is 5.97 Å². The summed E-state index contributed by atoms with van der Waals surface area (Å²) in [4.78, 5) is 25.4. The summed E-state index contributed by atoms with van der Waals surface area (Å²) in [6.45, 7) is 0.747. The molecule has 2 aromatic rings. The second kappa shape index (κ2) is 8.13. The number of hydrogen-bond acceptors (Lipinski definition) is 2. The number of carboxylic acids is 1. The number of likely N-dealkylation sites (tertiary alicyclic amines) is 1. The Kier molecular flexibility index (Phi) is 5.66. The van der Waals surface area contributed by atoms with Gasteiger partial charge in [0.15, 0.2) is 0 Å². The van der Waals surface area contributed by atoms with Crippen LogP contribution in [0, 0.1) is 5.82 Å². The first kappa shape index (κ1) is 18.1. The maximum Gasteiger partial charge on any atom is 0.335 e. The van der Waals surface area contributed by atoms with Crippen LogP contribution in [0.4, 0.5) is 4.39 Å². The highest BCUT2D eigenvalue weighted by Gasteiger charge is 2.28. The Morgan fingerprint density at radius 3 is 2.58 bits per heavy atom. The van der Waals surface area contributed by atoms with Gasteiger partial charge < -0.3 is 10.0 Å². The van der Waals surface area contributed by atoms with Crippen LogP contribution in [0.3, 0.4) is 0 Å². The van der Waals surface area contributed by atoms with Gasteiger partial charge in [-0.15, -0.1) is 0 Å². The molecule has 1 unspecified atom stereocenters. The molecule has 4 nitrogen and oxygen atoms in total. The first-order valence-electron chi connectivity index (χ1n) is 8.89. The van der Waals surface area contributed by atoms with Crippen LogP contribution in [0.5, 0.6) is 0 Å². The fraction of sp³-hybridized carbons (Fsp3) is 0.333. The van der Waals surface area contributed by atoms with Gasteiger partial charge in [-0.2, -0.15) is 0 Å². The quantitative estimate of drug-likeness (QED) is 0.860. The molecule has 2 aromatic carbocycles. The molecule has 5 heteroatoms. The summed E-state index contributed by atoms with van der Waals surface area (Å²) in [6.07, 6.45) is 3.57. The van der Waals surface area contributed by atoms with Crippen molar-refractivity contribution >= 4 is 11.9 Å². The zero-order valence-electron chi connectivity index (χ0n) is 14.5. The first-order valence-corrected chi connectivity index (χ1v) is 8.89. The lowest BCUT2D eigenvalue weighted by molar-refractivity contribution is -0.131. The number of amides is 1. The molecular weight excluding hydrogens is 333 g/mol. The molecule has 0 radical (unpaired) electrons. The molecule has 1 heterocycles. The van der Waals surface area contributed by atoms with Crippen molar-refractivity contribution in [2.45, 2.75) is 38.1 Å². The highest BCUT2D eigenvalue weighted by molar-refractivity contribution is 5.87. The summed E-state index contributed by atoms with van der Waals surface area (Å²) in [5, 5.41) is 8.92. The van der Waals surface area contributed by atoms with Crippen LogP contribution in [0.25, 0.3) is 0 Å². The van der Waals surface area contributed by atoms with E-state index in [1.165, 1.54) is 12.1 Å². The van der Waals surface area contributed by atoms with Gasteiger partial charge in [0.05, 0.1) is 5.56 Å². The Balaban J connectivity index is 1.57. The molecule has 1 aliphatic rings. The number of carbonyl (C=O) groups is 2. The average Bonchev–Trinajstić information content (AvgIpc) is 3.08. The van der Waals surface area contributed by atoms with Crippen LogP contribution < -0.4 is 0 Å². The van der Waals surface area contributed by atoms with Crippen molar-refractivity contribution in [3.05, 3.63) is 71.0 Å². The number of hydrogen-bond donors (Lipinski definition) is 1. The van der Waals surface area contributed by atoms with Crippen LogP contribution in [0.1, 0.15) is 40.7 Å². The lowest BCUT2D eigenvalue weighted by Crippen LogP contribution is -2.36. The fourth-order valence-corrected chi connectivity index (χ4v) is 3.52. The zero-order chi connectivity index (χ0) is 18.5. The lowest BCUT2D eigenvalue weighted by Gasteiger charge is -2.25. The van der Waals surface area contributed by atoms with Gasteiger partial charge in [-0.25, -0.2) is 9.18 Å². The van der Waals surface area contributed by atoms with Crippen molar-refractivity contribution in [1.82, 2.24) is 4.90 Å². The van der Waals surface area contributed by atoms with Crippen molar-refractivity contribution in [3.63, 3.8) is 0 Å². The Morgan fingerprint density at radius 1 is 1.12 bits per heavy atom. The molecule has 26 heavy (non-hydrogen) atoms. The summed E-state index contributed by atoms with van der Waals surface area (Å²) in [7, 11) is 0. The number of benzene rings is 2. The van der Waals surface area contributed by atoms with Crippen LogP contribution in [0.2, 0.25) is 0 Å². The van der Waals surface area contributed by atoms with Gasteiger partial charge in [0, 0.05) is 19.0 Å². The third kappa shape index (κ3) is 4.48. The average molecular weight is 355 g/mol. The molecule has 1 saturated heterocycles. The second-order valence-corrected chi connectivity index (χ2v) is 6.72. The molecule has 0 saturated carbocycles. The van der Waals surface area contributed by atoms with Gasteiger partial charge in [0.2, 0.25) is 5.91 Å². The summed E-state index contributed by atoms with van der Waals surface area (Å²) >= 11 is 0. The smallest absolute Gasteiger partial charge is 0.335 e. The van der Waals surface area contributed by atoms with Crippen molar-refractivity contribution < 1.29 is 19.1 Å². The van der Waals surface area contributed by atoms with E-state index in [-0.39, 0.29) is 23.3 Å². The van der Waals surface area contributed by atoms with Gasteiger partial charge >= 0.3 is 5.97 Å². The van der Waals surface area contributed by atoms with Crippen molar-refractivity contribution in [2.24, 2.45) is 0 Å². The second-order valence-electron chi connectivity index (χ2n) is 6.72. The summed E-state index contributed by atoms with van der Waals surface area (Å²) in [6, 6.07) is 13.3. The number of halogens is 1. The zero-order valence-corrected chi connectivity index (χ0v) is 14.5. The molecule has 1 fully saturated rings. The normalized spacial score (nSPS) is 16.7. The Hall–Kier alpha value is -2.69. The number of nitrogens with zero attached hydrogens (tertiary/aromatic N) is 1. The molecular formula is C21H22FNO3. The van der Waals surface area contributed by atoms with Gasteiger partial charge in [0.1, 0.15) is 5.82 Å². The minimum atomic E-state index is -0.954. The van der Waals surface area contributed by atoms with Crippen LogP contribution in [-0.2, 0) is 17.6 Å². The predicted molar refractivity (Wildman–Crippen MR) is 96.6 cm³/mol. The molecule has 1 aliphatic heterocycles. The molecule has 0 aliphatic carbocycles. The molecule has 0 spiro atoms. The van der Waals surface area contributed by atoms with Gasteiger partial charge in [-0.3, -0.25) is 4.79 Å². The number of aryl methyl sites for hydroxylation is 1. The molecule has 1 atom stereocenters. The van der Waals surface area contributed by atoms with E-state index in [9.17, 15) is 14.0 Å². The topological polar surface area (TPSA) is 57.6 Å². The van der Waals surface area contributed by atoms with E-state index in [0.717, 1.165) is 30.5 Å². The maximum absolute atomic E-state index is 13.4. The third-order valence-electron chi connectivity index (χ3n) is 4.89. The minimum absolute atomic E-state index is 0.103. The van der Waals surface area contributed by atoms with Crippen molar-refractivity contribution in [2.75, 3.05) is 6.54 Å².